The predicted octanol–water partition coefficient (Wildman–Crippen LogP) is 2.47. The van der Waals surface area contributed by atoms with Crippen molar-refractivity contribution in [1.82, 2.24) is 9.78 Å². The van der Waals surface area contributed by atoms with E-state index >= 15 is 0 Å². The highest BCUT2D eigenvalue weighted by molar-refractivity contribution is 5.84. The lowest BCUT2D eigenvalue weighted by atomic mass is 10.3. The van der Waals surface area contributed by atoms with Crippen LogP contribution in [-0.4, -0.2) is 21.2 Å². The fourth-order valence-electron chi connectivity index (χ4n) is 1.62. The SMILES string of the molecule is Cc1nn(C)c(Oc2cccc(F)c2)c1C=NO. The molecule has 6 heteroatoms. The van der Waals surface area contributed by atoms with Crippen LogP contribution in [0.4, 0.5) is 4.39 Å². The minimum atomic E-state index is -0.385. The van der Waals surface area contributed by atoms with Crippen LogP contribution < -0.4 is 4.74 Å². The molecule has 1 heterocycles. The van der Waals surface area contributed by atoms with Crippen molar-refractivity contribution in [2.75, 3.05) is 0 Å². The van der Waals surface area contributed by atoms with E-state index in [0.717, 1.165) is 0 Å². The van der Waals surface area contributed by atoms with Gasteiger partial charge < -0.3 is 9.94 Å². The Kier molecular flexibility index (Phi) is 3.27. The number of benzene rings is 1. The first-order chi connectivity index (χ1) is 8.61. The molecule has 1 N–H and O–H groups in total. The molecule has 2 rings (SSSR count). The first-order valence-corrected chi connectivity index (χ1v) is 5.26. The van der Waals surface area contributed by atoms with Crippen LogP contribution in [0.3, 0.4) is 0 Å². The zero-order chi connectivity index (χ0) is 13.1. The second-order valence-electron chi connectivity index (χ2n) is 3.73. The first kappa shape index (κ1) is 12.1. The second kappa shape index (κ2) is 4.87. The van der Waals surface area contributed by atoms with E-state index in [2.05, 4.69) is 10.3 Å². The molecular weight excluding hydrogens is 237 g/mol. The second-order valence-corrected chi connectivity index (χ2v) is 3.73. The number of aryl methyl sites for hydroxylation is 2. The van der Waals surface area contributed by atoms with E-state index < -0.39 is 0 Å². The van der Waals surface area contributed by atoms with Crippen LogP contribution in [0.5, 0.6) is 11.6 Å². The Hall–Kier alpha value is -2.37. The average Bonchev–Trinajstić information content (AvgIpc) is 2.57. The van der Waals surface area contributed by atoms with E-state index in [9.17, 15) is 4.39 Å². The van der Waals surface area contributed by atoms with Gasteiger partial charge in [0.05, 0.1) is 17.5 Å². The van der Waals surface area contributed by atoms with Crippen molar-refractivity contribution in [1.29, 1.82) is 0 Å². The van der Waals surface area contributed by atoms with Crippen molar-refractivity contribution in [3.05, 3.63) is 41.3 Å². The van der Waals surface area contributed by atoms with Crippen molar-refractivity contribution < 1.29 is 14.3 Å². The van der Waals surface area contributed by atoms with Crippen molar-refractivity contribution in [2.45, 2.75) is 6.92 Å². The quantitative estimate of drug-likeness (QED) is 0.516. The molecule has 0 radical (unpaired) electrons. The van der Waals surface area contributed by atoms with Crippen LogP contribution in [-0.2, 0) is 7.05 Å². The lowest BCUT2D eigenvalue weighted by Crippen LogP contribution is -1.97. The highest BCUT2D eigenvalue weighted by atomic mass is 19.1. The summed E-state index contributed by atoms with van der Waals surface area (Å²) in [5, 5.41) is 15.7. The molecule has 1 aromatic carbocycles. The summed E-state index contributed by atoms with van der Waals surface area (Å²) in [5.74, 6) is 0.352. The number of oxime groups is 1. The Morgan fingerprint density at radius 2 is 2.28 bits per heavy atom. The van der Waals surface area contributed by atoms with Gasteiger partial charge in [0, 0.05) is 13.1 Å². The van der Waals surface area contributed by atoms with E-state index in [1.165, 1.54) is 23.0 Å². The monoisotopic (exact) mass is 249 g/mol. The number of rotatable bonds is 3. The van der Waals surface area contributed by atoms with E-state index in [-0.39, 0.29) is 5.82 Å². The van der Waals surface area contributed by atoms with Gasteiger partial charge in [-0.15, -0.1) is 0 Å². The summed E-state index contributed by atoms with van der Waals surface area (Å²) in [6.07, 6.45) is 1.23. The van der Waals surface area contributed by atoms with Gasteiger partial charge in [-0.2, -0.15) is 5.10 Å². The fraction of sp³-hybridized carbons (Fsp3) is 0.167. The number of ether oxygens (including phenoxy) is 1. The summed E-state index contributed by atoms with van der Waals surface area (Å²) >= 11 is 0. The minimum absolute atomic E-state index is 0.352. The van der Waals surface area contributed by atoms with Crippen molar-refractivity contribution in [3.63, 3.8) is 0 Å². The minimum Gasteiger partial charge on any atom is -0.438 e. The van der Waals surface area contributed by atoms with Gasteiger partial charge in [0.15, 0.2) is 0 Å². The molecule has 1 aromatic heterocycles. The molecule has 0 amide bonds. The Balaban J connectivity index is 2.39. The highest BCUT2D eigenvalue weighted by Gasteiger charge is 2.14. The van der Waals surface area contributed by atoms with Crippen LogP contribution >= 0.6 is 0 Å². The third kappa shape index (κ3) is 2.32. The van der Waals surface area contributed by atoms with Gasteiger partial charge >= 0.3 is 0 Å². The molecular formula is C12H12FN3O2. The predicted molar refractivity (Wildman–Crippen MR) is 63.8 cm³/mol. The van der Waals surface area contributed by atoms with E-state index in [1.54, 1.807) is 26.1 Å². The first-order valence-electron chi connectivity index (χ1n) is 5.26. The number of nitrogens with zero attached hydrogens (tertiary/aromatic N) is 3. The number of hydrogen-bond acceptors (Lipinski definition) is 4. The van der Waals surface area contributed by atoms with E-state index in [4.69, 9.17) is 9.94 Å². The van der Waals surface area contributed by atoms with Gasteiger partial charge in [-0.05, 0) is 19.1 Å². The van der Waals surface area contributed by atoms with Crippen molar-refractivity contribution >= 4 is 6.21 Å². The number of aromatic nitrogens is 2. The zero-order valence-corrected chi connectivity index (χ0v) is 9.96. The Morgan fingerprint density at radius 3 is 2.94 bits per heavy atom. The number of hydrogen-bond donors (Lipinski definition) is 1. The topological polar surface area (TPSA) is 59.6 Å². The van der Waals surface area contributed by atoms with Crippen LogP contribution in [0.25, 0.3) is 0 Å². The molecule has 5 nitrogen and oxygen atoms in total. The molecule has 0 bridgehead atoms. The smallest absolute Gasteiger partial charge is 0.226 e. The molecule has 0 saturated carbocycles. The standard InChI is InChI=1S/C12H12FN3O2/c1-8-11(7-14-17)12(16(2)15-8)18-10-5-3-4-9(13)6-10/h3-7,17H,1-2H3. The largest absolute Gasteiger partial charge is 0.438 e. The maximum atomic E-state index is 13.1. The zero-order valence-electron chi connectivity index (χ0n) is 9.96. The average molecular weight is 249 g/mol. The molecule has 0 atom stereocenters. The van der Waals surface area contributed by atoms with Gasteiger partial charge in [0.1, 0.15) is 11.6 Å². The van der Waals surface area contributed by atoms with E-state index in [0.29, 0.717) is 22.9 Å². The Labute approximate surface area is 103 Å². The summed E-state index contributed by atoms with van der Waals surface area (Å²) in [4.78, 5) is 0. The molecule has 0 fully saturated rings. The maximum absolute atomic E-state index is 13.1. The van der Waals surface area contributed by atoms with Crippen LogP contribution in [0.15, 0.2) is 29.4 Å². The van der Waals surface area contributed by atoms with Gasteiger partial charge in [-0.1, -0.05) is 11.2 Å². The molecule has 0 saturated heterocycles. The summed E-state index contributed by atoms with van der Waals surface area (Å²) in [5.41, 5.74) is 1.20. The molecule has 0 aliphatic carbocycles. The normalized spacial score (nSPS) is 11.1. The Bertz CT molecular complexity index is 593. The third-order valence-corrected chi connectivity index (χ3v) is 2.41. The van der Waals surface area contributed by atoms with Gasteiger partial charge in [0.2, 0.25) is 5.88 Å². The highest BCUT2D eigenvalue weighted by Crippen LogP contribution is 2.26. The summed E-state index contributed by atoms with van der Waals surface area (Å²) in [7, 11) is 1.69. The van der Waals surface area contributed by atoms with E-state index in [1.807, 2.05) is 0 Å². The third-order valence-electron chi connectivity index (χ3n) is 2.41. The summed E-state index contributed by atoms with van der Waals surface area (Å²) in [6, 6.07) is 5.78. The molecule has 0 spiro atoms. The summed E-state index contributed by atoms with van der Waals surface area (Å²) < 4.78 is 20.1. The molecule has 94 valence electrons. The number of halogens is 1. The van der Waals surface area contributed by atoms with Crippen molar-refractivity contribution in [3.8, 4) is 11.6 Å². The maximum Gasteiger partial charge on any atom is 0.226 e. The molecule has 2 aromatic rings. The summed E-state index contributed by atoms with van der Waals surface area (Å²) in [6.45, 7) is 1.76. The lowest BCUT2D eigenvalue weighted by Gasteiger charge is -2.06. The Morgan fingerprint density at radius 1 is 1.50 bits per heavy atom. The van der Waals surface area contributed by atoms with Gasteiger partial charge in [-0.3, -0.25) is 0 Å². The fourth-order valence-corrected chi connectivity index (χ4v) is 1.62. The molecule has 0 aliphatic rings. The lowest BCUT2D eigenvalue weighted by molar-refractivity contribution is 0.321. The van der Waals surface area contributed by atoms with Crippen LogP contribution in [0.2, 0.25) is 0 Å². The van der Waals surface area contributed by atoms with Crippen molar-refractivity contribution in [2.24, 2.45) is 12.2 Å². The van der Waals surface area contributed by atoms with Gasteiger partial charge in [0.25, 0.3) is 0 Å². The molecule has 0 aliphatic heterocycles. The molecule has 0 unspecified atom stereocenters. The van der Waals surface area contributed by atoms with Crippen LogP contribution in [0.1, 0.15) is 11.3 Å². The molecule has 18 heavy (non-hydrogen) atoms. The van der Waals surface area contributed by atoms with Crippen LogP contribution in [0, 0.1) is 12.7 Å². The van der Waals surface area contributed by atoms with Gasteiger partial charge in [-0.25, -0.2) is 9.07 Å².